The average molecular weight is 306 g/mol. The van der Waals surface area contributed by atoms with Crippen LogP contribution >= 0.6 is 23.2 Å². The zero-order chi connectivity index (χ0) is 14.1. The molecule has 2 heterocycles. The van der Waals surface area contributed by atoms with Crippen LogP contribution in [-0.2, 0) is 0 Å². The third kappa shape index (κ3) is 2.25. The third-order valence-electron chi connectivity index (χ3n) is 2.53. The molecule has 0 radical (unpaired) electrons. The monoisotopic (exact) mass is 305 g/mol. The largest absolute Gasteiger partial charge is 0.333 e. The van der Waals surface area contributed by atoms with Gasteiger partial charge in [-0.25, -0.2) is 0 Å². The van der Waals surface area contributed by atoms with Crippen molar-refractivity contribution in [2.45, 2.75) is 0 Å². The fourth-order valence-electron chi connectivity index (χ4n) is 1.67. The van der Waals surface area contributed by atoms with E-state index < -0.39 is 0 Å². The number of halogens is 2. The van der Waals surface area contributed by atoms with E-state index in [1.807, 2.05) is 6.07 Å². The van der Waals surface area contributed by atoms with Crippen molar-refractivity contribution in [1.29, 1.82) is 5.26 Å². The van der Waals surface area contributed by atoms with Crippen LogP contribution in [-0.4, -0.2) is 20.3 Å². The van der Waals surface area contributed by atoms with Crippen LogP contribution < -0.4 is 0 Å². The second-order valence-corrected chi connectivity index (χ2v) is 4.72. The first-order valence-corrected chi connectivity index (χ1v) is 6.17. The van der Waals surface area contributed by atoms with Crippen LogP contribution in [0.1, 0.15) is 5.69 Å². The number of benzene rings is 1. The summed E-state index contributed by atoms with van der Waals surface area (Å²) < 4.78 is 5.13. The van der Waals surface area contributed by atoms with Crippen molar-refractivity contribution in [1.82, 2.24) is 20.3 Å². The Morgan fingerprint density at radius 1 is 1.20 bits per heavy atom. The van der Waals surface area contributed by atoms with Crippen LogP contribution in [0.4, 0.5) is 0 Å². The number of aromatic amines is 1. The summed E-state index contributed by atoms with van der Waals surface area (Å²) in [5.74, 6) is 0.524. The molecule has 8 heteroatoms. The Balaban J connectivity index is 2.04. The molecule has 1 N–H and O–H groups in total. The Bertz CT molecular complexity index is 797. The molecule has 3 aromatic rings. The Labute approximate surface area is 122 Å². The van der Waals surface area contributed by atoms with Crippen molar-refractivity contribution in [3.8, 4) is 28.9 Å². The van der Waals surface area contributed by atoms with Gasteiger partial charge in [-0.2, -0.15) is 15.3 Å². The predicted molar refractivity (Wildman–Crippen MR) is 72.1 cm³/mol. The number of nitrogens with one attached hydrogen (secondary N) is 1. The zero-order valence-electron chi connectivity index (χ0n) is 9.76. The van der Waals surface area contributed by atoms with E-state index in [9.17, 15) is 0 Å². The molecule has 0 atom stereocenters. The molecule has 0 unspecified atom stereocenters. The molecule has 20 heavy (non-hydrogen) atoms. The molecule has 0 saturated carbocycles. The standard InChI is InChI=1S/C12H5Cl2N5O/c13-7-1-6(2-8(14)3-7)11-17-12(20-19-11)9-5-16-18-10(9)4-15/h1-3,5H,(H,16,18). The SMILES string of the molecule is N#Cc1[nH]ncc1-c1nc(-c2cc(Cl)cc(Cl)c2)no1. The summed E-state index contributed by atoms with van der Waals surface area (Å²) in [5.41, 5.74) is 1.32. The summed E-state index contributed by atoms with van der Waals surface area (Å²) in [4.78, 5) is 4.21. The Kier molecular flexibility index (Phi) is 3.14. The van der Waals surface area contributed by atoms with Crippen LogP contribution in [0.5, 0.6) is 0 Å². The van der Waals surface area contributed by atoms with Gasteiger partial charge in [-0.3, -0.25) is 5.10 Å². The van der Waals surface area contributed by atoms with Crippen LogP contribution in [0.2, 0.25) is 10.0 Å². The Morgan fingerprint density at radius 3 is 2.65 bits per heavy atom. The van der Waals surface area contributed by atoms with Gasteiger partial charge in [-0.05, 0) is 18.2 Å². The van der Waals surface area contributed by atoms with Crippen molar-refractivity contribution in [3.05, 3.63) is 40.1 Å². The lowest BCUT2D eigenvalue weighted by molar-refractivity contribution is 0.432. The fraction of sp³-hybridized carbons (Fsp3) is 0. The highest BCUT2D eigenvalue weighted by Gasteiger charge is 2.16. The molecular formula is C12H5Cl2N5O. The lowest BCUT2D eigenvalue weighted by atomic mass is 10.2. The quantitative estimate of drug-likeness (QED) is 0.784. The van der Waals surface area contributed by atoms with Gasteiger partial charge in [-0.1, -0.05) is 28.4 Å². The number of H-pyrrole nitrogens is 1. The minimum Gasteiger partial charge on any atom is -0.333 e. The summed E-state index contributed by atoms with van der Waals surface area (Å²) in [6, 6.07) is 6.90. The molecule has 0 spiro atoms. The van der Waals surface area contributed by atoms with Gasteiger partial charge in [0.1, 0.15) is 11.8 Å². The zero-order valence-corrected chi connectivity index (χ0v) is 11.3. The highest BCUT2D eigenvalue weighted by molar-refractivity contribution is 6.35. The Morgan fingerprint density at radius 2 is 1.95 bits per heavy atom. The van der Waals surface area contributed by atoms with Crippen LogP contribution in [0.15, 0.2) is 28.9 Å². The second kappa shape index (κ2) is 4.96. The number of nitrogens with zero attached hydrogens (tertiary/aromatic N) is 4. The molecule has 6 nitrogen and oxygen atoms in total. The lowest BCUT2D eigenvalue weighted by Gasteiger charge is -1.96. The average Bonchev–Trinajstić information content (AvgIpc) is 3.06. The first-order chi connectivity index (χ1) is 9.67. The minimum atomic E-state index is 0.196. The van der Waals surface area contributed by atoms with E-state index >= 15 is 0 Å². The van der Waals surface area contributed by atoms with Crippen molar-refractivity contribution in [2.24, 2.45) is 0 Å². The van der Waals surface area contributed by atoms with Crippen molar-refractivity contribution in [2.75, 3.05) is 0 Å². The molecule has 0 amide bonds. The lowest BCUT2D eigenvalue weighted by Crippen LogP contribution is -1.83. The van der Waals surface area contributed by atoms with Gasteiger partial charge in [0.25, 0.3) is 5.89 Å². The van der Waals surface area contributed by atoms with E-state index in [2.05, 4.69) is 20.3 Å². The molecule has 0 fully saturated rings. The van der Waals surface area contributed by atoms with Gasteiger partial charge in [0, 0.05) is 15.6 Å². The van der Waals surface area contributed by atoms with Gasteiger partial charge in [0.05, 0.1) is 11.8 Å². The first-order valence-electron chi connectivity index (χ1n) is 5.41. The van der Waals surface area contributed by atoms with Crippen LogP contribution in [0, 0.1) is 11.3 Å². The van der Waals surface area contributed by atoms with E-state index in [0.717, 1.165) is 0 Å². The molecule has 0 aliphatic rings. The topological polar surface area (TPSA) is 91.4 Å². The number of rotatable bonds is 2. The molecule has 0 bridgehead atoms. The van der Waals surface area contributed by atoms with E-state index in [-0.39, 0.29) is 11.6 Å². The highest BCUT2D eigenvalue weighted by Crippen LogP contribution is 2.27. The van der Waals surface area contributed by atoms with Gasteiger partial charge < -0.3 is 4.52 Å². The smallest absolute Gasteiger partial charge is 0.262 e. The molecule has 98 valence electrons. The first kappa shape index (κ1) is 12.7. The summed E-state index contributed by atoms with van der Waals surface area (Å²) in [6.07, 6.45) is 1.45. The summed E-state index contributed by atoms with van der Waals surface area (Å²) >= 11 is 11.9. The second-order valence-electron chi connectivity index (χ2n) is 3.85. The molecule has 0 saturated heterocycles. The van der Waals surface area contributed by atoms with Crippen LogP contribution in [0.25, 0.3) is 22.8 Å². The van der Waals surface area contributed by atoms with Gasteiger partial charge in [0.2, 0.25) is 5.82 Å². The van der Waals surface area contributed by atoms with Gasteiger partial charge in [0.15, 0.2) is 0 Å². The van der Waals surface area contributed by atoms with Crippen molar-refractivity contribution >= 4 is 23.2 Å². The summed E-state index contributed by atoms with van der Waals surface area (Å²) in [5, 5.41) is 20.0. The number of nitriles is 1. The van der Waals surface area contributed by atoms with Gasteiger partial charge >= 0.3 is 0 Å². The maximum Gasteiger partial charge on any atom is 0.262 e. The molecule has 2 aromatic heterocycles. The summed E-state index contributed by atoms with van der Waals surface area (Å²) in [7, 11) is 0. The molecule has 3 rings (SSSR count). The third-order valence-corrected chi connectivity index (χ3v) is 2.96. The van der Waals surface area contributed by atoms with E-state index in [4.69, 9.17) is 33.0 Å². The minimum absolute atomic E-state index is 0.196. The summed E-state index contributed by atoms with van der Waals surface area (Å²) in [6.45, 7) is 0. The predicted octanol–water partition coefficient (Wildman–Crippen LogP) is 3.31. The Hall–Kier alpha value is -2.36. The maximum absolute atomic E-state index is 8.92. The molecule has 1 aromatic carbocycles. The number of aromatic nitrogens is 4. The molecule has 0 aliphatic carbocycles. The molecular weight excluding hydrogens is 301 g/mol. The molecule has 0 aliphatic heterocycles. The maximum atomic E-state index is 8.92. The van der Waals surface area contributed by atoms with E-state index in [1.165, 1.54) is 6.20 Å². The van der Waals surface area contributed by atoms with Crippen molar-refractivity contribution < 1.29 is 4.52 Å². The van der Waals surface area contributed by atoms with E-state index in [0.29, 0.717) is 27.0 Å². The fourth-order valence-corrected chi connectivity index (χ4v) is 2.19. The van der Waals surface area contributed by atoms with Crippen molar-refractivity contribution in [3.63, 3.8) is 0 Å². The van der Waals surface area contributed by atoms with Crippen LogP contribution in [0.3, 0.4) is 0 Å². The number of hydrogen-bond acceptors (Lipinski definition) is 5. The van der Waals surface area contributed by atoms with Gasteiger partial charge in [-0.15, -0.1) is 0 Å². The van der Waals surface area contributed by atoms with E-state index in [1.54, 1.807) is 18.2 Å². The number of hydrogen-bond donors (Lipinski definition) is 1. The highest BCUT2D eigenvalue weighted by atomic mass is 35.5. The normalized spacial score (nSPS) is 10.4.